The maximum absolute atomic E-state index is 13.1. The number of aromatic carboxylic acids is 1. The zero-order valence-electron chi connectivity index (χ0n) is 13.0. The summed E-state index contributed by atoms with van der Waals surface area (Å²) in [7, 11) is 1.95. The van der Waals surface area contributed by atoms with Crippen LogP contribution in [0.25, 0.3) is 10.9 Å². The number of hydrogen-bond acceptors (Lipinski definition) is 4. The SMILES string of the molecule is CN1CCN(c2cc(C(F)(F)F)nc3ccc(C(=O)O)cc23)CC1. The van der Waals surface area contributed by atoms with Crippen LogP contribution in [-0.2, 0) is 6.18 Å². The Bertz CT molecular complexity index is 784. The van der Waals surface area contributed by atoms with E-state index < -0.39 is 17.8 Å². The number of carboxylic acid groups (broad SMARTS) is 1. The molecule has 1 aromatic heterocycles. The van der Waals surface area contributed by atoms with Crippen LogP contribution in [0.3, 0.4) is 0 Å². The van der Waals surface area contributed by atoms with Crippen LogP contribution in [0.1, 0.15) is 16.1 Å². The second-order valence-corrected chi connectivity index (χ2v) is 5.85. The third-order valence-corrected chi connectivity index (χ3v) is 4.17. The number of halogens is 3. The van der Waals surface area contributed by atoms with Crippen molar-refractivity contribution in [2.75, 3.05) is 38.1 Å². The summed E-state index contributed by atoms with van der Waals surface area (Å²) < 4.78 is 39.4. The molecular weight excluding hydrogens is 323 g/mol. The molecule has 5 nitrogen and oxygen atoms in total. The molecule has 2 aromatic rings. The molecule has 3 rings (SSSR count). The summed E-state index contributed by atoms with van der Waals surface area (Å²) >= 11 is 0. The topological polar surface area (TPSA) is 56.7 Å². The molecule has 0 unspecified atom stereocenters. The van der Waals surface area contributed by atoms with E-state index in [9.17, 15) is 18.0 Å². The van der Waals surface area contributed by atoms with Gasteiger partial charge in [-0.25, -0.2) is 9.78 Å². The lowest BCUT2D eigenvalue weighted by molar-refractivity contribution is -0.140. The Balaban J connectivity index is 2.17. The van der Waals surface area contributed by atoms with E-state index in [1.807, 2.05) is 11.9 Å². The fourth-order valence-corrected chi connectivity index (χ4v) is 2.80. The summed E-state index contributed by atoms with van der Waals surface area (Å²) in [6.07, 6.45) is -4.55. The number of fused-ring (bicyclic) bond motifs is 1. The second kappa shape index (κ2) is 5.94. The van der Waals surface area contributed by atoms with Crippen molar-refractivity contribution in [3.63, 3.8) is 0 Å². The quantitative estimate of drug-likeness (QED) is 0.912. The predicted octanol–water partition coefficient (Wildman–Crippen LogP) is 2.70. The minimum absolute atomic E-state index is 0.0273. The van der Waals surface area contributed by atoms with Gasteiger partial charge in [0.2, 0.25) is 0 Å². The Hall–Kier alpha value is -2.35. The van der Waals surface area contributed by atoms with Crippen LogP contribution in [0.15, 0.2) is 24.3 Å². The summed E-state index contributed by atoms with van der Waals surface area (Å²) in [6.45, 7) is 2.60. The van der Waals surface area contributed by atoms with Crippen molar-refractivity contribution in [2.45, 2.75) is 6.18 Å². The Morgan fingerprint density at radius 2 is 1.83 bits per heavy atom. The minimum Gasteiger partial charge on any atom is -0.478 e. The third kappa shape index (κ3) is 3.14. The molecule has 1 fully saturated rings. The zero-order valence-corrected chi connectivity index (χ0v) is 13.0. The molecule has 0 amide bonds. The summed E-state index contributed by atoms with van der Waals surface area (Å²) in [4.78, 5) is 18.8. The van der Waals surface area contributed by atoms with Gasteiger partial charge in [0.1, 0.15) is 5.69 Å². The van der Waals surface area contributed by atoms with E-state index in [0.717, 1.165) is 19.2 Å². The summed E-state index contributed by atoms with van der Waals surface area (Å²) in [6, 6.07) is 5.00. The second-order valence-electron chi connectivity index (χ2n) is 5.85. The standard InChI is InChI=1S/C16H16F3N3O2/c1-21-4-6-22(7-5-21)13-9-14(16(17,18)19)20-12-3-2-10(15(23)24)8-11(12)13/h2-3,8-9H,4-7H2,1H3,(H,23,24). The first-order valence-corrected chi connectivity index (χ1v) is 7.44. The highest BCUT2D eigenvalue weighted by atomic mass is 19.4. The largest absolute Gasteiger partial charge is 0.478 e. The maximum Gasteiger partial charge on any atom is 0.433 e. The molecule has 1 saturated heterocycles. The first kappa shape index (κ1) is 16.5. The molecule has 0 radical (unpaired) electrons. The summed E-state index contributed by atoms with van der Waals surface area (Å²) in [5.41, 5.74) is -0.418. The van der Waals surface area contributed by atoms with Crippen LogP contribution in [0.2, 0.25) is 0 Å². The van der Waals surface area contributed by atoms with Crippen molar-refractivity contribution in [1.82, 2.24) is 9.88 Å². The molecule has 0 bridgehead atoms. The predicted molar refractivity (Wildman–Crippen MR) is 83.4 cm³/mol. The molecule has 0 atom stereocenters. The highest BCUT2D eigenvalue weighted by molar-refractivity contribution is 5.98. The van der Waals surface area contributed by atoms with Gasteiger partial charge in [-0.1, -0.05) is 0 Å². The van der Waals surface area contributed by atoms with Crippen LogP contribution in [0.4, 0.5) is 18.9 Å². The van der Waals surface area contributed by atoms with Gasteiger partial charge >= 0.3 is 12.1 Å². The van der Waals surface area contributed by atoms with Crippen molar-refractivity contribution in [3.8, 4) is 0 Å². The van der Waals surface area contributed by atoms with Crippen molar-refractivity contribution >= 4 is 22.6 Å². The van der Waals surface area contributed by atoms with E-state index in [1.54, 1.807) is 0 Å². The summed E-state index contributed by atoms with van der Waals surface area (Å²) in [5, 5.41) is 9.57. The average Bonchev–Trinajstić information content (AvgIpc) is 2.53. The van der Waals surface area contributed by atoms with Crippen molar-refractivity contribution in [3.05, 3.63) is 35.5 Å². The third-order valence-electron chi connectivity index (χ3n) is 4.17. The van der Waals surface area contributed by atoms with Crippen LogP contribution >= 0.6 is 0 Å². The lowest BCUT2D eigenvalue weighted by atomic mass is 10.1. The van der Waals surface area contributed by atoms with Crippen LogP contribution in [-0.4, -0.2) is 54.2 Å². The Morgan fingerprint density at radius 1 is 1.17 bits per heavy atom. The van der Waals surface area contributed by atoms with E-state index in [4.69, 9.17) is 5.11 Å². The number of carbonyl (C=O) groups is 1. The van der Waals surface area contributed by atoms with E-state index in [0.29, 0.717) is 24.2 Å². The first-order valence-electron chi connectivity index (χ1n) is 7.44. The van der Waals surface area contributed by atoms with Gasteiger partial charge in [0.15, 0.2) is 0 Å². The molecule has 2 heterocycles. The summed E-state index contributed by atoms with van der Waals surface area (Å²) in [5.74, 6) is -1.12. The number of pyridine rings is 1. The Morgan fingerprint density at radius 3 is 2.42 bits per heavy atom. The Labute approximate surface area is 136 Å². The van der Waals surface area contributed by atoms with Gasteiger partial charge in [0.25, 0.3) is 0 Å². The van der Waals surface area contributed by atoms with Gasteiger partial charge in [0.05, 0.1) is 11.1 Å². The van der Waals surface area contributed by atoms with Crippen molar-refractivity contribution in [1.29, 1.82) is 0 Å². The lowest BCUT2D eigenvalue weighted by Crippen LogP contribution is -2.44. The zero-order chi connectivity index (χ0) is 17.5. The number of carboxylic acids is 1. The molecule has 0 spiro atoms. The highest BCUT2D eigenvalue weighted by Gasteiger charge is 2.34. The van der Waals surface area contributed by atoms with Crippen LogP contribution < -0.4 is 4.90 Å². The van der Waals surface area contributed by atoms with Gasteiger partial charge in [-0.3, -0.25) is 0 Å². The van der Waals surface area contributed by atoms with Crippen LogP contribution in [0, 0.1) is 0 Å². The monoisotopic (exact) mass is 339 g/mol. The number of rotatable bonds is 2. The van der Waals surface area contributed by atoms with Gasteiger partial charge < -0.3 is 14.9 Å². The van der Waals surface area contributed by atoms with Crippen molar-refractivity contribution in [2.24, 2.45) is 0 Å². The molecule has 1 aromatic carbocycles. The van der Waals surface area contributed by atoms with Gasteiger partial charge in [-0.15, -0.1) is 0 Å². The van der Waals surface area contributed by atoms with Crippen LogP contribution in [0.5, 0.6) is 0 Å². The maximum atomic E-state index is 13.1. The molecule has 0 aliphatic carbocycles. The van der Waals surface area contributed by atoms with E-state index in [-0.39, 0.29) is 11.1 Å². The highest BCUT2D eigenvalue weighted by Crippen LogP contribution is 2.35. The lowest BCUT2D eigenvalue weighted by Gasteiger charge is -2.35. The Kier molecular flexibility index (Phi) is 4.08. The van der Waals surface area contributed by atoms with Gasteiger partial charge in [-0.2, -0.15) is 13.2 Å². The smallest absolute Gasteiger partial charge is 0.433 e. The van der Waals surface area contributed by atoms with E-state index in [1.165, 1.54) is 18.2 Å². The molecule has 0 saturated carbocycles. The van der Waals surface area contributed by atoms with Gasteiger partial charge in [0, 0.05) is 37.3 Å². The molecular formula is C16H16F3N3O2. The molecule has 128 valence electrons. The van der Waals surface area contributed by atoms with E-state index in [2.05, 4.69) is 9.88 Å². The average molecular weight is 339 g/mol. The van der Waals surface area contributed by atoms with Gasteiger partial charge in [-0.05, 0) is 31.3 Å². The number of alkyl halides is 3. The number of benzene rings is 1. The number of nitrogens with zero attached hydrogens (tertiary/aromatic N) is 3. The normalized spacial score (nSPS) is 16.6. The molecule has 24 heavy (non-hydrogen) atoms. The number of aromatic nitrogens is 1. The first-order chi connectivity index (χ1) is 11.3. The van der Waals surface area contributed by atoms with E-state index >= 15 is 0 Å². The molecule has 1 aliphatic rings. The number of anilines is 1. The minimum atomic E-state index is -4.55. The number of piperazine rings is 1. The molecule has 1 aliphatic heterocycles. The fraction of sp³-hybridized carbons (Fsp3) is 0.375. The molecule has 1 N–H and O–H groups in total. The molecule has 8 heteroatoms. The van der Waals surface area contributed by atoms with Crippen molar-refractivity contribution < 1.29 is 23.1 Å². The number of likely N-dealkylation sites (N-methyl/N-ethyl adjacent to an activating group) is 1. The number of hydrogen-bond donors (Lipinski definition) is 1. The fourth-order valence-electron chi connectivity index (χ4n) is 2.80.